The van der Waals surface area contributed by atoms with Crippen molar-refractivity contribution in [3.8, 4) is 0 Å². The van der Waals surface area contributed by atoms with E-state index in [4.69, 9.17) is 25.8 Å². The third kappa shape index (κ3) is 2.72. The summed E-state index contributed by atoms with van der Waals surface area (Å²) in [5.74, 6) is 0.379. The number of halogens is 1. The Hall–Kier alpha value is -1.59. The van der Waals surface area contributed by atoms with E-state index in [1.165, 1.54) is 17.5 Å². The van der Waals surface area contributed by atoms with E-state index >= 15 is 0 Å². The van der Waals surface area contributed by atoms with E-state index in [9.17, 15) is 5.11 Å². The number of aliphatic hydroxyl groups excluding tert-OH is 1. The largest absolute Gasteiger partial charge is 0.368 e. The molecule has 2 saturated heterocycles. The minimum atomic E-state index is -1.13. The summed E-state index contributed by atoms with van der Waals surface area (Å²) in [5, 5.41) is 21.9. The Labute approximate surface area is 153 Å². The first-order valence-electron chi connectivity index (χ1n) is 8.63. The Balaban J connectivity index is 1.51. The van der Waals surface area contributed by atoms with Crippen LogP contribution in [-0.2, 0) is 14.2 Å². The SMILES string of the molecule is CC1(C)O[C@@H]2[C@H](O1)[C@@H](O)O[C@H]2n1nnc2c(NCC3CC3)nc(Cl)nc21. The summed E-state index contributed by atoms with van der Waals surface area (Å²) in [5.41, 5.74) is 0.907. The number of hydrogen-bond acceptors (Lipinski definition) is 9. The number of aliphatic hydroxyl groups is 1. The molecule has 140 valence electrons. The average molecular weight is 383 g/mol. The van der Waals surface area contributed by atoms with Crippen molar-refractivity contribution in [3.05, 3.63) is 5.28 Å². The lowest BCUT2D eigenvalue weighted by Crippen LogP contribution is -2.29. The van der Waals surface area contributed by atoms with Crippen LogP contribution in [0, 0.1) is 5.92 Å². The summed E-state index contributed by atoms with van der Waals surface area (Å²) >= 11 is 6.10. The molecule has 2 aromatic rings. The molecule has 1 saturated carbocycles. The molecule has 11 heteroatoms. The highest BCUT2D eigenvalue weighted by Gasteiger charge is 2.56. The number of nitrogens with zero attached hydrogens (tertiary/aromatic N) is 5. The third-order valence-electron chi connectivity index (χ3n) is 4.80. The molecule has 2 aliphatic heterocycles. The van der Waals surface area contributed by atoms with Gasteiger partial charge in [0.2, 0.25) is 5.28 Å². The van der Waals surface area contributed by atoms with Crippen LogP contribution in [0.1, 0.15) is 32.9 Å². The predicted molar refractivity (Wildman–Crippen MR) is 89.3 cm³/mol. The summed E-state index contributed by atoms with van der Waals surface area (Å²) < 4.78 is 18.7. The molecule has 1 aliphatic carbocycles. The monoisotopic (exact) mass is 382 g/mol. The lowest BCUT2D eigenvalue weighted by molar-refractivity contribution is -0.232. The summed E-state index contributed by atoms with van der Waals surface area (Å²) in [6.07, 6.45) is -0.586. The third-order valence-corrected chi connectivity index (χ3v) is 4.97. The first-order valence-corrected chi connectivity index (χ1v) is 9.00. The molecule has 26 heavy (non-hydrogen) atoms. The second-order valence-electron chi connectivity index (χ2n) is 7.35. The molecular formula is C15H19ClN6O4. The Morgan fingerprint density at radius 3 is 2.81 bits per heavy atom. The van der Waals surface area contributed by atoms with Crippen LogP contribution in [0.4, 0.5) is 5.82 Å². The van der Waals surface area contributed by atoms with Gasteiger partial charge in [0, 0.05) is 6.54 Å². The van der Waals surface area contributed by atoms with E-state index < -0.39 is 30.5 Å². The maximum Gasteiger partial charge on any atom is 0.226 e. The van der Waals surface area contributed by atoms with Crippen molar-refractivity contribution >= 4 is 28.6 Å². The van der Waals surface area contributed by atoms with Gasteiger partial charge in [0.1, 0.15) is 12.2 Å². The fourth-order valence-corrected chi connectivity index (χ4v) is 3.58. The van der Waals surface area contributed by atoms with Gasteiger partial charge in [-0.1, -0.05) is 5.21 Å². The molecule has 10 nitrogen and oxygen atoms in total. The van der Waals surface area contributed by atoms with Gasteiger partial charge in [0.25, 0.3) is 0 Å². The number of rotatable bonds is 4. The Morgan fingerprint density at radius 1 is 1.27 bits per heavy atom. The molecule has 4 heterocycles. The van der Waals surface area contributed by atoms with Gasteiger partial charge >= 0.3 is 0 Å². The second-order valence-corrected chi connectivity index (χ2v) is 7.69. The zero-order valence-electron chi connectivity index (χ0n) is 14.3. The highest BCUT2D eigenvalue weighted by Crippen LogP contribution is 2.42. The van der Waals surface area contributed by atoms with Crippen LogP contribution in [0.15, 0.2) is 0 Å². The van der Waals surface area contributed by atoms with Crippen LogP contribution in [0.25, 0.3) is 11.2 Å². The van der Waals surface area contributed by atoms with E-state index in [-0.39, 0.29) is 5.28 Å². The number of anilines is 1. The topological polar surface area (TPSA) is 116 Å². The molecule has 3 aliphatic rings. The Morgan fingerprint density at radius 2 is 2.04 bits per heavy atom. The molecule has 0 spiro atoms. The highest BCUT2D eigenvalue weighted by atomic mass is 35.5. The Kier molecular flexibility index (Phi) is 3.63. The summed E-state index contributed by atoms with van der Waals surface area (Å²) in [6.45, 7) is 4.38. The van der Waals surface area contributed by atoms with E-state index in [1.54, 1.807) is 13.8 Å². The van der Waals surface area contributed by atoms with Crippen LogP contribution in [-0.4, -0.2) is 60.9 Å². The van der Waals surface area contributed by atoms with Gasteiger partial charge in [-0.3, -0.25) is 0 Å². The van der Waals surface area contributed by atoms with E-state index in [1.807, 2.05) is 0 Å². The van der Waals surface area contributed by atoms with Gasteiger partial charge in [-0.2, -0.15) is 14.6 Å². The zero-order valence-corrected chi connectivity index (χ0v) is 15.0. The van der Waals surface area contributed by atoms with Gasteiger partial charge < -0.3 is 24.6 Å². The number of fused-ring (bicyclic) bond motifs is 2. The minimum Gasteiger partial charge on any atom is -0.368 e. The van der Waals surface area contributed by atoms with E-state index in [0.29, 0.717) is 22.9 Å². The van der Waals surface area contributed by atoms with Gasteiger partial charge in [0.15, 0.2) is 35.3 Å². The molecular weight excluding hydrogens is 364 g/mol. The van der Waals surface area contributed by atoms with Crippen molar-refractivity contribution in [3.63, 3.8) is 0 Å². The van der Waals surface area contributed by atoms with Crippen LogP contribution in [0.5, 0.6) is 0 Å². The van der Waals surface area contributed by atoms with Gasteiger partial charge in [-0.15, -0.1) is 5.10 Å². The quantitative estimate of drug-likeness (QED) is 0.748. The first kappa shape index (κ1) is 16.6. The molecule has 2 aromatic heterocycles. The molecule has 5 rings (SSSR count). The fourth-order valence-electron chi connectivity index (χ4n) is 3.41. The van der Waals surface area contributed by atoms with Crippen molar-refractivity contribution in [1.82, 2.24) is 25.0 Å². The van der Waals surface area contributed by atoms with Crippen molar-refractivity contribution < 1.29 is 19.3 Å². The Bertz CT molecular complexity index is 856. The van der Waals surface area contributed by atoms with Gasteiger partial charge in [-0.05, 0) is 44.2 Å². The molecule has 0 radical (unpaired) electrons. The smallest absolute Gasteiger partial charge is 0.226 e. The molecule has 2 N–H and O–H groups in total. The lowest BCUT2D eigenvalue weighted by atomic mass is 10.2. The molecule has 0 amide bonds. The molecule has 3 fully saturated rings. The van der Waals surface area contributed by atoms with E-state index in [0.717, 1.165) is 6.54 Å². The number of aromatic nitrogens is 5. The number of ether oxygens (including phenoxy) is 3. The number of nitrogens with one attached hydrogen (secondary N) is 1. The molecule has 4 atom stereocenters. The average Bonchev–Trinajstić information content (AvgIpc) is 3.13. The first-order chi connectivity index (χ1) is 12.4. The highest BCUT2D eigenvalue weighted by molar-refractivity contribution is 6.28. The second kappa shape index (κ2) is 5.70. The molecule has 0 aromatic carbocycles. The van der Waals surface area contributed by atoms with Gasteiger partial charge in [0.05, 0.1) is 0 Å². The van der Waals surface area contributed by atoms with Crippen LogP contribution >= 0.6 is 11.6 Å². The summed E-state index contributed by atoms with van der Waals surface area (Å²) in [7, 11) is 0. The van der Waals surface area contributed by atoms with Gasteiger partial charge in [-0.25, -0.2) is 0 Å². The van der Waals surface area contributed by atoms with Crippen molar-refractivity contribution in [1.29, 1.82) is 0 Å². The van der Waals surface area contributed by atoms with Crippen LogP contribution < -0.4 is 5.32 Å². The lowest BCUT2D eigenvalue weighted by Gasteiger charge is -2.22. The normalized spacial score (nSPS) is 32.9. The molecule has 0 bridgehead atoms. The summed E-state index contributed by atoms with van der Waals surface area (Å²) in [6, 6.07) is 0. The fraction of sp³-hybridized carbons (Fsp3) is 0.733. The maximum atomic E-state index is 10.2. The molecule has 0 unspecified atom stereocenters. The summed E-state index contributed by atoms with van der Waals surface area (Å²) in [4.78, 5) is 8.48. The van der Waals surface area contributed by atoms with E-state index in [2.05, 4.69) is 25.6 Å². The number of hydrogen-bond donors (Lipinski definition) is 2. The minimum absolute atomic E-state index is 0.0818. The zero-order chi connectivity index (χ0) is 18.1. The van der Waals surface area contributed by atoms with Crippen molar-refractivity contribution in [2.75, 3.05) is 11.9 Å². The van der Waals surface area contributed by atoms with Crippen LogP contribution in [0.3, 0.4) is 0 Å². The maximum absolute atomic E-state index is 10.2. The van der Waals surface area contributed by atoms with Crippen molar-refractivity contribution in [2.24, 2.45) is 5.92 Å². The predicted octanol–water partition coefficient (Wildman–Crippen LogP) is 1.06. The van der Waals surface area contributed by atoms with Crippen molar-refractivity contribution in [2.45, 2.75) is 57.2 Å². The van der Waals surface area contributed by atoms with Crippen LogP contribution in [0.2, 0.25) is 5.28 Å². The standard InChI is InChI=1S/C15H19ClN6O4/c1-15(2)25-8-9(26-15)13(23)24-12(8)22-11-7(20-21-22)10(18-14(16)19-11)17-5-6-3-4-6/h6,8-9,12-13,23H,3-5H2,1-2H3,(H,17,18,19)/t8-,9+,12-,13+/m1/s1.